The summed E-state index contributed by atoms with van der Waals surface area (Å²) in [4.78, 5) is 23.1. The molecule has 0 radical (unpaired) electrons. The molecular formula is C14H17F2N3O2. The smallest absolute Gasteiger partial charge is 0.251 e. The molecule has 1 fully saturated rings. The van der Waals surface area contributed by atoms with Crippen molar-refractivity contribution in [3.05, 3.63) is 29.3 Å². The minimum atomic E-state index is -1.05. The van der Waals surface area contributed by atoms with Crippen LogP contribution in [0, 0.1) is 11.6 Å². The number of halogens is 2. The van der Waals surface area contributed by atoms with Crippen LogP contribution in [0.25, 0.3) is 0 Å². The average Bonchev–Trinajstić information content (AvgIpc) is 2.70. The number of primary amides is 1. The zero-order chi connectivity index (χ0) is 15.4. The molecule has 1 atom stereocenters. The fourth-order valence-electron chi connectivity index (χ4n) is 2.31. The molecule has 0 spiro atoms. The fourth-order valence-corrected chi connectivity index (χ4v) is 2.31. The second-order valence-electron chi connectivity index (χ2n) is 5.02. The van der Waals surface area contributed by atoms with Gasteiger partial charge in [-0.2, -0.15) is 0 Å². The average molecular weight is 297 g/mol. The Kier molecular flexibility index (Phi) is 4.85. The highest BCUT2D eigenvalue weighted by molar-refractivity contribution is 5.98. The Morgan fingerprint density at radius 3 is 2.67 bits per heavy atom. The summed E-state index contributed by atoms with van der Waals surface area (Å²) in [6.07, 6.45) is 3.58. The van der Waals surface area contributed by atoms with Gasteiger partial charge in [-0.15, -0.1) is 0 Å². The van der Waals surface area contributed by atoms with Crippen molar-refractivity contribution in [1.82, 2.24) is 5.32 Å². The van der Waals surface area contributed by atoms with Gasteiger partial charge in [-0.25, -0.2) is 8.78 Å². The van der Waals surface area contributed by atoms with Gasteiger partial charge in [0, 0.05) is 6.07 Å². The summed E-state index contributed by atoms with van der Waals surface area (Å²) in [6, 6.07) is 1.03. The molecule has 5 nitrogen and oxygen atoms in total. The number of nitrogens with one attached hydrogen (secondary N) is 2. The van der Waals surface area contributed by atoms with Crippen molar-refractivity contribution in [2.75, 3.05) is 11.9 Å². The summed E-state index contributed by atoms with van der Waals surface area (Å²) in [6.45, 7) is 0.719. The number of benzene rings is 1. The van der Waals surface area contributed by atoms with Crippen LogP contribution in [0.2, 0.25) is 0 Å². The van der Waals surface area contributed by atoms with Crippen LogP contribution in [0.5, 0.6) is 0 Å². The number of nitrogens with two attached hydrogens (primary N) is 1. The van der Waals surface area contributed by atoms with Gasteiger partial charge < -0.3 is 16.4 Å². The van der Waals surface area contributed by atoms with E-state index in [1.807, 2.05) is 0 Å². The minimum Gasteiger partial charge on any atom is -0.366 e. The number of anilines is 1. The molecule has 1 saturated heterocycles. The van der Waals surface area contributed by atoms with Gasteiger partial charge in [0.05, 0.1) is 17.3 Å². The maximum absolute atomic E-state index is 13.7. The molecule has 1 unspecified atom stereocenters. The largest absolute Gasteiger partial charge is 0.366 e. The highest BCUT2D eigenvalue weighted by Gasteiger charge is 2.22. The Morgan fingerprint density at radius 1 is 1.19 bits per heavy atom. The number of carbonyl (C=O) groups is 2. The Hall–Kier alpha value is -2.02. The van der Waals surface area contributed by atoms with E-state index in [0.717, 1.165) is 31.9 Å². The van der Waals surface area contributed by atoms with E-state index in [-0.39, 0.29) is 5.69 Å². The lowest BCUT2D eigenvalue weighted by atomic mass is 10.1. The molecule has 4 N–H and O–H groups in total. The quantitative estimate of drug-likeness (QED) is 0.791. The predicted molar refractivity (Wildman–Crippen MR) is 73.8 cm³/mol. The summed E-state index contributed by atoms with van der Waals surface area (Å²) >= 11 is 0. The van der Waals surface area contributed by atoms with Crippen molar-refractivity contribution < 1.29 is 18.4 Å². The van der Waals surface area contributed by atoms with E-state index < -0.39 is 35.1 Å². The van der Waals surface area contributed by atoms with Gasteiger partial charge in [-0.3, -0.25) is 9.59 Å². The molecule has 1 aliphatic heterocycles. The van der Waals surface area contributed by atoms with Crippen LogP contribution in [0.15, 0.2) is 12.1 Å². The molecule has 1 aliphatic rings. The zero-order valence-electron chi connectivity index (χ0n) is 11.4. The maximum Gasteiger partial charge on any atom is 0.251 e. The van der Waals surface area contributed by atoms with Gasteiger partial charge >= 0.3 is 0 Å². The van der Waals surface area contributed by atoms with Crippen molar-refractivity contribution in [2.24, 2.45) is 5.73 Å². The SMILES string of the molecule is NC(=O)c1cc(NC(=O)C2CCCCCN2)c(F)cc1F. The highest BCUT2D eigenvalue weighted by atomic mass is 19.1. The van der Waals surface area contributed by atoms with Crippen molar-refractivity contribution in [1.29, 1.82) is 0 Å². The van der Waals surface area contributed by atoms with Crippen LogP contribution < -0.4 is 16.4 Å². The molecule has 114 valence electrons. The van der Waals surface area contributed by atoms with E-state index in [9.17, 15) is 18.4 Å². The second kappa shape index (κ2) is 6.62. The van der Waals surface area contributed by atoms with Gasteiger partial charge in [0.25, 0.3) is 5.91 Å². The third kappa shape index (κ3) is 3.75. The van der Waals surface area contributed by atoms with Crippen LogP contribution in [-0.4, -0.2) is 24.4 Å². The van der Waals surface area contributed by atoms with Gasteiger partial charge in [0.15, 0.2) is 0 Å². The van der Waals surface area contributed by atoms with Crippen LogP contribution >= 0.6 is 0 Å². The third-order valence-corrected chi connectivity index (χ3v) is 3.46. The van der Waals surface area contributed by atoms with Crippen molar-refractivity contribution in [3.63, 3.8) is 0 Å². The summed E-state index contributed by atoms with van der Waals surface area (Å²) < 4.78 is 27.0. The number of carbonyl (C=O) groups excluding carboxylic acids is 2. The van der Waals surface area contributed by atoms with Crippen LogP contribution in [0.3, 0.4) is 0 Å². The number of amides is 2. The molecule has 21 heavy (non-hydrogen) atoms. The molecule has 1 heterocycles. The molecule has 2 amide bonds. The van der Waals surface area contributed by atoms with Gasteiger partial charge in [-0.05, 0) is 25.5 Å². The van der Waals surface area contributed by atoms with Gasteiger partial charge in [-0.1, -0.05) is 12.8 Å². The predicted octanol–water partition coefficient (Wildman–Crippen LogP) is 1.53. The Bertz CT molecular complexity index is 555. The lowest BCUT2D eigenvalue weighted by Crippen LogP contribution is -2.40. The molecule has 2 rings (SSSR count). The lowest BCUT2D eigenvalue weighted by Gasteiger charge is -2.16. The van der Waals surface area contributed by atoms with Crippen LogP contribution in [-0.2, 0) is 4.79 Å². The van der Waals surface area contributed by atoms with E-state index in [4.69, 9.17) is 5.73 Å². The summed E-state index contributed by atoms with van der Waals surface area (Å²) in [5.41, 5.74) is 4.29. The molecule has 1 aromatic carbocycles. The standard InChI is InChI=1S/C14H17F2N3O2/c15-9-7-10(16)12(6-8(9)13(17)20)19-14(21)11-4-2-1-3-5-18-11/h6-7,11,18H,1-5H2,(H2,17,20)(H,19,21). The first-order valence-corrected chi connectivity index (χ1v) is 6.82. The Labute approximate surface area is 120 Å². The first-order valence-electron chi connectivity index (χ1n) is 6.82. The minimum absolute atomic E-state index is 0.249. The third-order valence-electron chi connectivity index (χ3n) is 3.46. The molecule has 0 bridgehead atoms. The molecule has 0 saturated carbocycles. The Morgan fingerprint density at radius 2 is 1.95 bits per heavy atom. The Balaban J connectivity index is 2.16. The first-order chi connectivity index (χ1) is 9.99. The fraction of sp³-hybridized carbons (Fsp3) is 0.429. The van der Waals surface area contributed by atoms with E-state index >= 15 is 0 Å². The van der Waals surface area contributed by atoms with E-state index in [1.54, 1.807) is 0 Å². The normalized spacial score (nSPS) is 18.9. The second-order valence-corrected chi connectivity index (χ2v) is 5.02. The number of hydrogen-bond acceptors (Lipinski definition) is 3. The molecule has 7 heteroatoms. The first kappa shape index (κ1) is 15.4. The van der Waals surface area contributed by atoms with Crippen LogP contribution in [0.1, 0.15) is 36.0 Å². The molecule has 1 aromatic rings. The van der Waals surface area contributed by atoms with Crippen LogP contribution in [0.4, 0.5) is 14.5 Å². The molecular weight excluding hydrogens is 280 g/mol. The summed E-state index contributed by atoms with van der Waals surface area (Å²) in [7, 11) is 0. The summed E-state index contributed by atoms with van der Waals surface area (Å²) in [5, 5.41) is 5.45. The molecule has 0 aromatic heterocycles. The van der Waals surface area contributed by atoms with E-state index in [1.165, 1.54) is 0 Å². The van der Waals surface area contributed by atoms with Crippen molar-refractivity contribution in [3.8, 4) is 0 Å². The van der Waals surface area contributed by atoms with E-state index in [2.05, 4.69) is 10.6 Å². The monoisotopic (exact) mass is 297 g/mol. The topological polar surface area (TPSA) is 84.2 Å². The summed E-state index contributed by atoms with van der Waals surface area (Å²) in [5.74, 6) is -3.42. The highest BCUT2D eigenvalue weighted by Crippen LogP contribution is 2.20. The number of hydrogen-bond donors (Lipinski definition) is 3. The molecule has 0 aliphatic carbocycles. The van der Waals surface area contributed by atoms with Crippen molar-refractivity contribution in [2.45, 2.75) is 31.7 Å². The number of rotatable bonds is 3. The van der Waals surface area contributed by atoms with Gasteiger partial charge in [0.2, 0.25) is 5.91 Å². The van der Waals surface area contributed by atoms with E-state index in [0.29, 0.717) is 12.5 Å². The zero-order valence-corrected chi connectivity index (χ0v) is 11.4. The van der Waals surface area contributed by atoms with Crippen molar-refractivity contribution >= 4 is 17.5 Å². The maximum atomic E-state index is 13.7. The van der Waals surface area contributed by atoms with Gasteiger partial charge in [0.1, 0.15) is 11.6 Å². The lowest BCUT2D eigenvalue weighted by molar-refractivity contribution is -0.118.